The molecule has 0 saturated carbocycles. The van der Waals surface area contributed by atoms with Crippen molar-refractivity contribution in [2.45, 2.75) is 13.5 Å². The topological polar surface area (TPSA) is 55.8 Å². The van der Waals surface area contributed by atoms with Gasteiger partial charge in [0, 0.05) is 5.46 Å². The van der Waals surface area contributed by atoms with Crippen LogP contribution in [0, 0.1) is 0 Å². The molecule has 0 atom stereocenters. The molecule has 1 N–H and O–H groups in total. The Kier molecular flexibility index (Phi) is 3.19. The Bertz CT molecular complexity index is 435. The number of hydrogen-bond acceptors (Lipinski definition) is 4. The van der Waals surface area contributed by atoms with Crippen LogP contribution in [-0.4, -0.2) is 24.5 Å². The van der Waals surface area contributed by atoms with Crippen LogP contribution in [0.15, 0.2) is 12.1 Å². The molecule has 1 aliphatic heterocycles. The van der Waals surface area contributed by atoms with Gasteiger partial charge >= 0.3 is 7.12 Å². The van der Waals surface area contributed by atoms with E-state index in [1.165, 1.54) is 6.92 Å². The summed E-state index contributed by atoms with van der Waals surface area (Å²) in [5, 5.41) is 9.84. The highest BCUT2D eigenvalue weighted by atomic mass is 35.5. The number of fused-ring (bicyclic) bond motifs is 1. The van der Waals surface area contributed by atoms with Crippen molar-refractivity contribution < 1.29 is 19.2 Å². The highest BCUT2D eigenvalue weighted by Crippen LogP contribution is 2.27. The van der Waals surface area contributed by atoms with Crippen LogP contribution in [0.3, 0.4) is 0 Å². The summed E-state index contributed by atoms with van der Waals surface area (Å²) in [4.78, 5) is 10.8. The van der Waals surface area contributed by atoms with Gasteiger partial charge in [-0.2, -0.15) is 0 Å². The number of carbonyl (C=O) groups excluding carboxylic acids is 1. The Labute approximate surface area is 98.3 Å². The fraction of sp³-hybridized carbons (Fsp3) is 0.300. The van der Waals surface area contributed by atoms with Gasteiger partial charge in [0.15, 0.2) is 5.78 Å². The highest BCUT2D eigenvalue weighted by Gasteiger charge is 2.31. The monoisotopic (exact) mass is 240 g/mol. The number of benzene rings is 1. The van der Waals surface area contributed by atoms with Crippen molar-refractivity contribution in [3.63, 3.8) is 0 Å². The SMILES string of the molecule is CC(=O)COc1ccc2c(c1Cl)B(O)OC2. The van der Waals surface area contributed by atoms with E-state index in [0.717, 1.165) is 5.56 Å². The molecule has 6 heteroatoms. The second kappa shape index (κ2) is 4.45. The second-order valence-corrected chi connectivity index (χ2v) is 3.98. The maximum absolute atomic E-state index is 10.8. The van der Waals surface area contributed by atoms with Crippen molar-refractivity contribution in [2.24, 2.45) is 0 Å². The van der Waals surface area contributed by atoms with Gasteiger partial charge in [0.2, 0.25) is 0 Å². The van der Waals surface area contributed by atoms with Crippen molar-refractivity contribution >= 4 is 30.0 Å². The predicted molar refractivity (Wildman–Crippen MR) is 60.0 cm³/mol. The summed E-state index contributed by atoms with van der Waals surface area (Å²) in [6, 6.07) is 3.44. The molecule has 4 nitrogen and oxygen atoms in total. The number of halogens is 1. The Hall–Kier alpha value is -1.04. The van der Waals surface area contributed by atoms with E-state index in [9.17, 15) is 9.82 Å². The third-order valence-electron chi connectivity index (χ3n) is 2.31. The molecule has 16 heavy (non-hydrogen) atoms. The molecular weight excluding hydrogens is 230 g/mol. The zero-order valence-corrected chi connectivity index (χ0v) is 9.45. The quantitative estimate of drug-likeness (QED) is 0.783. The van der Waals surface area contributed by atoms with Crippen molar-refractivity contribution in [1.82, 2.24) is 0 Å². The molecule has 1 heterocycles. The fourth-order valence-corrected chi connectivity index (χ4v) is 1.88. The first kappa shape index (κ1) is 11.5. The standard InChI is InChI=1S/C10H10BClO4/c1-6(13)4-15-8-3-2-7-5-16-11(14)9(7)10(8)12/h2-3,14H,4-5H2,1H3. The van der Waals surface area contributed by atoms with Gasteiger partial charge in [-0.25, -0.2) is 0 Å². The van der Waals surface area contributed by atoms with Gasteiger partial charge in [-0.1, -0.05) is 17.7 Å². The molecule has 1 aliphatic rings. The third-order valence-corrected chi connectivity index (χ3v) is 2.70. The lowest BCUT2D eigenvalue weighted by atomic mass is 9.79. The van der Waals surface area contributed by atoms with E-state index in [1.54, 1.807) is 12.1 Å². The first-order valence-electron chi connectivity index (χ1n) is 4.82. The van der Waals surface area contributed by atoms with Crippen LogP contribution in [0.5, 0.6) is 5.75 Å². The number of Topliss-reactive ketones (excluding diaryl/α,β-unsaturated/α-hetero) is 1. The molecule has 1 aromatic carbocycles. The van der Waals surface area contributed by atoms with E-state index in [0.29, 0.717) is 22.8 Å². The molecule has 0 amide bonds. The third kappa shape index (κ3) is 2.07. The first-order chi connectivity index (χ1) is 7.59. The summed E-state index contributed by atoms with van der Waals surface area (Å²) >= 11 is 6.06. The minimum absolute atomic E-state index is 0.0323. The summed E-state index contributed by atoms with van der Waals surface area (Å²) in [7, 11) is -1.01. The lowest BCUT2D eigenvalue weighted by Crippen LogP contribution is -2.29. The Morgan fingerprint density at radius 1 is 1.69 bits per heavy atom. The number of ether oxygens (including phenoxy) is 1. The smallest absolute Gasteiger partial charge is 0.484 e. The van der Waals surface area contributed by atoms with Gasteiger partial charge in [-0.05, 0) is 18.6 Å². The predicted octanol–water partition coefficient (Wildman–Crippen LogP) is 0.525. The van der Waals surface area contributed by atoms with E-state index >= 15 is 0 Å². The zero-order chi connectivity index (χ0) is 11.7. The van der Waals surface area contributed by atoms with Crippen LogP contribution in [0.4, 0.5) is 0 Å². The van der Waals surface area contributed by atoms with Gasteiger partial charge in [0.1, 0.15) is 12.4 Å². The van der Waals surface area contributed by atoms with E-state index in [4.69, 9.17) is 21.0 Å². The minimum atomic E-state index is -1.01. The maximum atomic E-state index is 10.8. The van der Waals surface area contributed by atoms with E-state index < -0.39 is 7.12 Å². The zero-order valence-electron chi connectivity index (χ0n) is 8.70. The van der Waals surface area contributed by atoms with Gasteiger partial charge in [0.25, 0.3) is 0 Å². The lowest BCUT2D eigenvalue weighted by molar-refractivity contribution is -0.118. The number of hydrogen-bond donors (Lipinski definition) is 1. The van der Waals surface area contributed by atoms with Crippen molar-refractivity contribution in [1.29, 1.82) is 0 Å². The molecule has 2 rings (SSSR count). The number of ketones is 1. The summed E-state index contributed by atoms with van der Waals surface area (Å²) in [6.07, 6.45) is 0. The van der Waals surface area contributed by atoms with Crippen LogP contribution in [0.1, 0.15) is 12.5 Å². The summed E-state index contributed by atoms with van der Waals surface area (Å²) < 4.78 is 10.3. The van der Waals surface area contributed by atoms with Gasteiger partial charge < -0.3 is 14.4 Å². The van der Waals surface area contributed by atoms with E-state index in [2.05, 4.69) is 0 Å². The van der Waals surface area contributed by atoms with Crippen LogP contribution in [0.25, 0.3) is 0 Å². The van der Waals surface area contributed by atoms with Crippen LogP contribution in [-0.2, 0) is 16.1 Å². The lowest BCUT2D eigenvalue weighted by Gasteiger charge is -2.09. The minimum Gasteiger partial charge on any atom is -0.484 e. The number of carbonyl (C=O) groups is 1. The van der Waals surface area contributed by atoms with Crippen LogP contribution >= 0.6 is 11.6 Å². The second-order valence-electron chi connectivity index (χ2n) is 3.60. The van der Waals surface area contributed by atoms with Gasteiger partial charge in [0.05, 0.1) is 11.6 Å². The van der Waals surface area contributed by atoms with Crippen molar-refractivity contribution in [3.05, 3.63) is 22.7 Å². The average Bonchev–Trinajstić information content (AvgIpc) is 2.60. The van der Waals surface area contributed by atoms with Crippen molar-refractivity contribution in [3.8, 4) is 5.75 Å². The molecule has 1 aromatic rings. The van der Waals surface area contributed by atoms with E-state index in [-0.39, 0.29) is 12.4 Å². The molecule has 0 aromatic heterocycles. The van der Waals surface area contributed by atoms with Gasteiger partial charge in [-0.3, -0.25) is 4.79 Å². The molecule has 84 valence electrons. The Balaban J connectivity index is 2.28. The molecule has 0 aliphatic carbocycles. The molecule has 0 unspecified atom stereocenters. The molecule has 0 radical (unpaired) electrons. The summed E-state index contributed by atoms with van der Waals surface area (Å²) in [5.41, 5.74) is 1.37. The molecule has 0 bridgehead atoms. The first-order valence-corrected chi connectivity index (χ1v) is 5.20. The average molecular weight is 240 g/mol. The summed E-state index contributed by atoms with van der Waals surface area (Å²) in [6.45, 7) is 1.73. The maximum Gasteiger partial charge on any atom is 0.493 e. The van der Waals surface area contributed by atoms with Crippen LogP contribution in [0.2, 0.25) is 5.02 Å². The van der Waals surface area contributed by atoms with E-state index in [1.807, 2.05) is 0 Å². The largest absolute Gasteiger partial charge is 0.493 e. The number of rotatable bonds is 3. The van der Waals surface area contributed by atoms with Crippen LogP contribution < -0.4 is 10.2 Å². The Morgan fingerprint density at radius 3 is 3.12 bits per heavy atom. The molecule has 0 fully saturated rings. The fourth-order valence-electron chi connectivity index (χ4n) is 1.55. The normalized spacial score (nSPS) is 13.8. The Morgan fingerprint density at radius 2 is 2.44 bits per heavy atom. The highest BCUT2D eigenvalue weighted by molar-refractivity contribution is 6.65. The van der Waals surface area contributed by atoms with Gasteiger partial charge in [-0.15, -0.1) is 0 Å². The molecule has 0 spiro atoms. The molecular formula is C10H10BClO4. The summed E-state index contributed by atoms with van der Waals surface area (Å²) in [5.74, 6) is 0.300. The van der Waals surface area contributed by atoms with Crippen molar-refractivity contribution in [2.75, 3.05) is 6.61 Å². The molecule has 0 saturated heterocycles.